The van der Waals surface area contributed by atoms with Gasteiger partial charge in [-0.15, -0.1) is 0 Å². The maximum absolute atomic E-state index is 14.5. The first-order chi connectivity index (χ1) is 24.8. The summed E-state index contributed by atoms with van der Waals surface area (Å²) in [6, 6.07) is 10.8. The van der Waals surface area contributed by atoms with E-state index in [1.807, 2.05) is 32.0 Å². The van der Waals surface area contributed by atoms with Crippen LogP contribution in [-0.4, -0.2) is 84.8 Å². The van der Waals surface area contributed by atoms with Gasteiger partial charge in [0, 0.05) is 35.8 Å². The Morgan fingerprint density at radius 1 is 0.962 bits per heavy atom. The predicted octanol–water partition coefficient (Wildman–Crippen LogP) is 7.69. The Hall–Kier alpha value is -3.92. The first-order valence-electron chi connectivity index (χ1n) is 17.6. The van der Waals surface area contributed by atoms with Crippen molar-refractivity contribution in [2.24, 2.45) is 10.8 Å². The average molecular weight is 766 g/mol. The van der Waals surface area contributed by atoms with Crippen molar-refractivity contribution in [3.63, 3.8) is 0 Å². The molecule has 0 unspecified atom stereocenters. The number of hydrogen-bond donors (Lipinski definition) is 1. The molecule has 1 aliphatic heterocycles. The summed E-state index contributed by atoms with van der Waals surface area (Å²) in [5.41, 5.74) is 0.443. The third-order valence-corrected chi connectivity index (χ3v) is 13.0. The topological polar surface area (TPSA) is 105 Å². The maximum atomic E-state index is 14.5. The zero-order chi connectivity index (χ0) is 38.1. The molecule has 9 nitrogen and oxygen atoms in total. The number of carbonyl (C=O) groups is 1. The van der Waals surface area contributed by atoms with Gasteiger partial charge >= 0.3 is 12.4 Å². The highest BCUT2D eigenvalue weighted by atomic mass is 32.2. The van der Waals surface area contributed by atoms with Crippen LogP contribution in [0.4, 0.5) is 32.3 Å². The van der Waals surface area contributed by atoms with Gasteiger partial charge in [0.1, 0.15) is 6.61 Å². The van der Waals surface area contributed by atoms with E-state index in [0.29, 0.717) is 36.9 Å². The normalized spacial score (nSPS) is 26.3. The van der Waals surface area contributed by atoms with Gasteiger partial charge in [-0.05, 0) is 101 Å². The number of aryl methyl sites for hydroxylation is 2. The highest BCUT2D eigenvalue weighted by molar-refractivity contribution is 7.92. The van der Waals surface area contributed by atoms with E-state index in [4.69, 9.17) is 4.74 Å². The van der Waals surface area contributed by atoms with Gasteiger partial charge in [-0.2, -0.15) is 31.3 Å². The van der Waals surface area contributed by atoms with Crippen molar-refractivity contribution in [3.8, 4) is 17.1 Å². The lowest BCUT2D eigenvalue weighted by atomic mass is 9.51. The monoisotopic (exact) mass is 765 g/mol. The number of hydrogen-bond acceptors (Lipinski definition) is 7. The van der Waals surface area contributed by atoms with Crippen LogP contribution in [-0.2, 0) is 10.0 Å². The fraction of sp³-hybridized carbons (Fsp3) is 0.541. The van der Waals surface area contributed by atoms with Crippen molar-refractivity contribution in [3.05, 3.63) is 65.2 Å². The van der Waals surface area contributed by atoms with Crippen molar-refractivity contribution >= 4 is 21.9 Å². The van der Waals surface area contributed by atoms with Crippen LogP contribution < -0.4 is 9.46 Å². The first kappa shape index (κ1) is 37.4. The SMILES string of the molecule is Cc1cccc(C)c1-c1cc2nc(n1)NS(=O)(=O)c1cccc(c1)C(=O)N(C1CC3(CC(N(C)CCC(F)(F)F)C3)C1)[C@H](CC1(C(F)(F)F)CC1)CO2. The number of anilines is 1. The number of halogens is 6. The van der Waals surface area contributed by atoms with Gasteiger partial charge in [-0.3, -0.25) is 4.79 Å². The van der Waals surface area contributed by atoms with E-state index in [2.05, 4.69) is 14.7 Å². The lowest BCUT2D eigenvalue weighted by Crippen LogP contribution is -2.64. The number of fused-ring (bicyclic) bond motifs is 4. The van der Waals surface area contributed by atoms with Gasteiger partial charge in [-0.25, -0.2) is 18.1 Å². The minimum Gasteiger partial charge on any atom is -0.475 e. The summed E-state index contributed by atoms with van der Waals surface area (Å²) in [7, 11) is -2.69. The molecule has 1 amide bonds. The molecule has 3 fully saturated rings. The Kier molecular flexibility index (Phi) is 9.27. The summed E-state index contributed by atoms with van der Waals surface area (Å²) >= 11 is 0. The van der Waals surface area contributed by atoms with Crippen LogP contribution in [0.5, 0.6) is 5.88 Å². The summed E-state index contributed by atoms with van der Waals surface area (Å²) < 4.78 is 118. The van der Waals surface area contributed by atoms with E-state index in [-0.39, 0.29) is 59.7 Å². The van der Waals surface area contributed by atoms with Crippen LogP contribution in [0, 0.1) is 24.7 Å². The van der Waals surface area contributed by atoms with E-state index < -0.39 is 58.6 Å². The van der Waals surface area contributed by atoms with E-state index in [9.17, 15) is 39.6 Å². The van der Waals surface area contributed by atoms with E-state index >= 15 is 0 Å². The third kappa shape index (κ3) is 7.45. The number of ether oxygens (including phenoxy) is 1. The van der Waals surface area contributed by atoms with Crippen LogP contribution in [0.25, 0.3) is 11.3 Å². The molecule has 2 aromatic carbocycles. The molecule has 7 rings (SSSR count). The second-order valence-corrected chi connectivity index (χ2v) is 17.1. The van der Waals surface area contributed by atoms with Gasteiger partial charge in [0.05, 0.1) is 28.5 Å². The smallest absolute Gasteiger partial charge is 0.394 e. The number of rotatable bonds is 7. The highest BCUT2D eigenvalue weighted by Crippen LogP contribution is 2.62. The zero-order valence-electron chi connectivity index (χ0n) is 29.5. The molecule has 16 heteroatoms. The average Bonchev–Trinajstić information content (AvgIpc) is 3.83. The fourth-order valence-electron chi connectivity index (χ4n) is 8.48. The molecule has 3 saturated carbocycles. The molecule has 1 aromatic heterocycles. The molecule has 0 radical (unpaired) electrons. The molecule has 3 aliphatic carbocycles. The molecule has 1 N–H and O–H groups in total. The van der Waals surface area contributed by atoms with E-state index in [1.54, 1.807) is 11.9 Å². The molecule has 4 aliphatic rings. The minimum atomic E-state index is -4.53. The Labute approximate surface area is 304 Å². The van der Waals surface area contributed by atoms with Crippen molar-refractivity contribution in [1.29, 1.82) is 0 Å². The number of carbonyl (C=O) groups excluding carboxylic acids is 1. The quantitative estimate of drug-likeness (QED) is 0.246. The molecule has 1 spiro atoms. The molecule has 53 heavy (non-hydrogen) atoms. The Morgan fingerprint density at radius 3 is 2.25 bits per heavy atom. The number of nitrogens with zero attached hydrogens (tertiary/aromatic N) is 4. The molecule has 0 saturated heterocycles. The minimum absolute atomic E-state index is 0.0165. The van der Waals surface area contributed by atoms with Crippen molar-refractivity contribution in [1.82, 2.24) is 19.8 Å². The van der Waals surface area contributed by atoms with Crippen molar-refractivity contribution < 1.29 is 44.3 Å². The molecule has 286 valence electrons. The van der Waals surface area contributed by atoms with Crippen LogP contribution in [0.3, 0.4) is 0 Å². The Morgan fingerprint density at radius 2 is 1.62 bits per heavy atom. The second-order valence-electron chi connectivity index (χ2n) is 15.4. The van der Waals surface area contributed by atoms with E-state index in [1.165, 1.54) is 35.2 Å². The number of nitrogens with one attached hydrogen (secondary N) is 1. The largest absolute Gasteiger partial charge is 0.475 e. The van der Waals surface area contributed by atoms with Crippen LogP contribution >= 0.6 is 0 Å². The lowest BCUT2D eigenvalue weighted by molar-refractivity contribution is -0.195. The van der Waals surface area contributed by atoms with Gasteiger partial charge in [0.15, 0.2) is 0 Å². The predicted molar refractivity (Wildman–Crippen MR) is 184 cm³/mol. The summed E-state index contributed by atoms with van der Waals surface area (Å²) in [6.45, 7) is 3.24. The zero-order valence-corrected chi connectivity index (χ0v) is 30.3. The van der Waals surface area contributed by atoms with Crippen LogP contribution in [0.2, 0.25) is 0 Å². The number of amides is 1. The number of aromatic nitrogens is 2. The molecule has 2 heterocycles. The first-order valence-corrected chi connectivity index (χ1v) is 19.1. The summed E-state index contributed by atoms with van der Waals surface area (Å²) in [5, 5.41) is 0. The van der Waals surface area contributed by atoms with Gasteiger partial charge < -0.3 is 14.5 Å². The lowest BCUT2D eigenvalue weighted by Gasteiger charge is -2.62. The second kappa shape index (κ2) is 13.1. The third-order valence-electron chi connectivity index (χ3n) is 11.6. The van der Waals surface area contributed by atoms with Gasteiger partial charge in [0.2, 0.25) is 11.8 Å². The number of benzene rings is 2. The number of sulfonamides is 1. The van der Waals surface area contributed by atoms with Gasteiger partial charge in [0.25, 0.3) is 15.9 Å². The molecule has 1 atom stereocenters. The molecular weight excluding hydrogens is 724 g/mol. The van der Waals surface area contributed by atoms with Gasteiger partial charge in [-0.1, -0.05) is 24.3 Å². The van der Waals surface area contributed by atoms with Crippen LogP contribution in [0.15, 0.2) is 53.4 Å². The molecule has 3 aromatic rings. The Bertz CT molecular complexity index is 1980. The standard InChI is InChI=1S/C37H41F6N5O4S/c1-22-6-4-7-23(2)31(22)29-15-30-45-33(44-29)46-53(50,51)28-9-5-8-24(14-28)32(49)48(27(21-52-30)20-35(10-11-35)37(41,42)43)26-18-34(19-26)16-25(17-34)47(3)13-12-36(38,39)40/h4-9,14-15,25-27H,10-13,16-21H2,1-3H3,(H,44,45,46)/t25?,26?,27-,34?/m1/s1. The molecular formula is C37H41F6N5O4S. The highest BCUT2D eigenvalue weighted by Gasteiger charge is 2.65. The van der Waals surface area contributed by atoms with Crippen molar-refractivity contribution in [2.75, 3.05) is 24.9 Å². The molecule has 4 bridgehead atoms. The maximum Gasteiger partial charge on any atom is 0.394 e. The number of alkyl halides is 6. The summed E-state index contributed by atoms with van der Waals surface area (Å²) in [6.07, 6.45) is -8.22. The van der Waals surface area contributed by atoms with E-state index in [0.717, 1.165) is 11.1 Å². The van der Waals surface area contributed by atoms with Crippen molar-refractivity contribution in [2.45, 2.75) is 101 Å². The summed E-state index contributed by atoms with van der Waals surface area (Å²) in [5.74, 6) is -1.01. The fourth-order valence-corrected chi connectivity index (χ4v) is 9.47. The van der Waals surface area contributed by atoms with Crippen LogP contribution in [0.1, 0.15) is 72.9 Å². The Balaban J connectivity index is 1.25. The summed E-state index contributed by atoms with van der Waals surface area (Å²) in [4.78, 5) is 26.2.